The molecular formula is C12H7F3N2O2S. The second-order valence-electron chi connectivity index (χ2n) is 3.69. The standard InChI is InChI=1S/C12H7F3N2O2S/c13-12(14,15)9-4-5-10(17-16-9)20-8-3-1-2-7(6-8)11(18)19/h1-6H,(H,18,19). The summed E-state index contributed by atoms with van der Waals surface area (Å²) < 4.78 is 36.9. The highest BCUT2D eigenvalue weighted by atomic mass is 32.2. The molecule has 2 aromatic rings. The molecule has 0 saturated carbocycles. The van der Waals surface area contributed by atoms with Crippen molar-refractivity contribution in [1.82, 2.24) is 10.2 Å². The van der Waals surface area contributed by atoms with Crippen LogP contribution < -0.4 is 0 Å². The fraction of sp³-hybridized carbons (Fsp3) is 0.0833. The quantitative estimate of drug-likeness (QED) is 0.942. The van der Waals surface area contributed by atoms with Crippen LogP contribution in [0.1, 0.15) is 16.1 Å². The van der Waals surface area contributed by atoms with Gasteiger partial charge in [0.1, 0.15) is 5.03 Å². The van der Waals surface area contributed by atoms with Gasteiger partial charge >= 0.3 is 12.1 Å². The molecule has 0 saturated heterocycles. The van der Waals surface area contributed by atoms with Crippen LogP contribution in [0.5, 0.6) is 0 Å². The number of aromatic carboxylic acids is 1. The van der Waals surface area contributed by atoms with Crippen molar-refractivity contribution in [3.8, 4) is 0 Å². The first-order valence-corrected chi connectivity index (χ1v) is 6.10. The highest BCUT2D eigenvalue weighted by Crippen LogP contribution is 2.30. The molecule has 0 atom stereocenters. The Hall–Kier alpha value is -2.09. The molecule has 1 N–H and O–H groups in total. The van der Waals surface area contributed by atoms with Gasteiger partial charge < -0.3 is 5.11 Å². The summed E-state index contributed by atoms with van der Waals surface area (Å²) in [6, 6.07) is 8.03. The van der Waals surface area contributed by atoms with Crippen LogP contribution in [0, 0.1) is 0 Å². The number of carboxylic acids is 1. The predicted molar refractivity (Wildman–Crippen MR) is 64.6 cm³/mol. The summed E-state index contributed by atoms with van der Waals surface area (Å²) in [6.07, 6.45) is -4.53. The van der Waals surface area contributed by atoms with Crippen molar-refractivity contribution in [1.29, 1.82) is 0 Å². The normalized spacial score (nSPS) is 11.3. The van der Waals surface area contributed by atoms with Gasteiger partial charge in [0.2, 0.25) is 0 Å². The van der Waals surface area contributed by atoms with Crippen LogP contribution in [0.15, 0.2) is 46.3 Å². The SMILES string of the molecule is O=C(O)c1cccc(Sc2ccc(C(F)(F)F)nn2)c1. The average Bonchev–Trinajstić information content (AvgIpc) is 2.38. The maximum Gasteiger partial charge on any atom is 0.435 e. The van der Waals surface area contributed by atoms with Crippen LogP contribution in [-0.2, 0) is 6.18 Å². The van der Waals surface area contributed by atoms with Gasteiger partial charge in [0.15, 0.2) is 5.69 Å². The van der Waals surface area contributed by atoms with E-state index in [9.17, 15) is 18.0 Å². The van der Waals surface area contributed by atoms with E-state index in [0.29, 0.717) is 4.90 Å². The van der Waals surface area contributed by atoms with Gasteiger partial charge in [-0.1, -0.05) is 17.8 Å². The Bertz CT molecular complexity index is 629. The molecule has 0 unspecified atom stereocenters. The number of nitrogens with zero attached hydrogens (tertiary/aromatic N) is 2. The Morgan fingerprint density at radius 3 is 2.45 bits per heavy atom. The van der Waals surface area contributed by atoms with E-state index in [4.69, 9.17) is 5.11 Å². The van der Waals surface area contributed by atoms with Crippen molar-refractivity contribution in [2.24, 2.45) is 0 Å². The van der Waals surface area contributed by atoms with Crippen molar-refractivity contribution < 1.29 is 23.1 Å². The summed E-state index contributed by atoms with van der Waals surface area (Å²) in [7, 11) is 0. The summed E-state index contributed by atoms with van der Waals surface area (Å²) in [5, 5.41) is 15.6. The fourth-order valence-corrected chi connectivity index (χ4v) is 2.13. The van der Waals surface area contributed by atoms with Crippen LogP contribution in [-0.4, -0.2) is 21.3 Å². The zero-order valence-corrected chi connectivity index (χ0v) is 10.6. The lowest BCUT2D eigenvalue weighted by Crippen LogP contribution is -2.08. The number of hydrogen-bond acceptors (Lipinski definition) is 4. The zero-order valence-electron chi connectivity index (χ0n) is 9.76. The first-order chi connectivity index (χ1) is 9.36. The minimum Gasteiger partial charge on any atom is -0.478 e. The molecule has 0 aliphatic rings. The third kappa shape index (κ3) is 3.47. The number of benzene rings is 1. The van der Waals surface area contributed by atoms with Crippen LogP contribution >= 0.6 is 11.8 Å². The Morgan fingerprint density at radius 2 is 1.90 bits per heavy atom. The minimum absolute atomic E-state index is 0.0925. The van der Waals surface area contributed by atoms with Crippen LogP contribution in [0.2, 0.25) is 0 Å². The summed E-state index contributed by atoms with van der Waals surface area (Å²) >= 11 is 1.03. The number of rotatable bonds is 3. The molecule has 104 valence electrons. The minimum atomic E-state index is -4.53. The van der Waals surface area contributed by atoms with Gasteiger partial charge in [0.05, 0.1) is 5.56 Å². The second kappa shape index (κ2) is 5.49. The van der Waals surface area contributed by atoms with E-state index < -0.39 is 17.8 Å². The molecule has 0 radical (unpaired) electrons. The van der Waals surface area contributed by atoms with Crippen LogP contribution in [0.3, 0.4) is 0 Å². The number of aromatic nitrogens is 2. The van der Waals surface area contributed by atoms with Gasteiger partial charge in [-0.25, -0.2) is 4.79 Å². The molecule has 0 aliphatic carbocycles. The van der Waals surface area contributed by atoms with E-state index >= 15 is 0 Å². The van der Waals surface area contributed by atoms with Crippen molar-refractivity contribution in [2.75, 3.05) is 0 Å². The van der Waals surface area contributed by atoms with Gasteiger partial charge in [-0.05, 0) is 30.3 Å². The molecule has 0 spiro atoms. The van der Waals surface area contributed by atoms with E-state index in [-0.39, 0.29) is 10.6 Å². The van der Waals surface area contributed by atoms with Crippen molar-refractivity contribution in [2.45, 2.75) is 16.1 Å². The van der Waals surface area contributed by atoms with Gasteiger partial charge in [-0.15, -0.1) is 10.2 Å². The molecule has 1 aromatic heterocycles. The molecule has 20 heavy (non-hydrogen) atoms. The lowest BCUT2D eigenvalue weighted by atomic mass is 10.2. The third-order valence-corrected chi connectivity index (χ3v) is 3.15. The van der Waals surface area contributed by atoms with E-state index in [1.807, 2.05) is 0 Å². The molecule has 0 amide bonds. The smallest absolute Gasteiger partial charge is 0.435 e. The highest BCUT2D eigenvalue weighted by molar-refractivity contribution is 7.99. The molecule has 2 rings (SSSR count). The lowest BCUT2D eigenvalue weighted by molar-refractivity contribution is -0.141. The number of halogens is 3. The summed E-state index contributed by atoms with van der Waals surface area (Å²) in [5.74, 6) is -1.08. The monoisotopic (exact) mass is 300 g/mol. The van der Waals surface area contributed by atoms with E-state index in [1.54, 1.807) is 12.1 Å². The van der Waals surface area contributed by atoms with Crippen molar-refractivity contribution in [3.63, 3.8) is 0 Å². The summed E-state index contributed by atoms with van der Waals surface area (Å²) in [5.41, 5.74) is -0.976. The Labute approximate surface area is 115 Å². The topological polar surface area (TPSA) is 63.1 Å². The van der Waals surface area contributed by atoms with Gasteiger partial charge in [-0.2, -0.15) is 13.2 Å². The largest absolute Gasteiger partial charge is 0.478 e. The summed E-state index contributed by atoms with van der Waals surface area (Å²) in [4.78, 5) is 11.4. The first-order valence-electron chi connectivity index (χ1n) is 5.28. The van der Waals surface area contributed by atoms with Gasteiger partial charge in [0, 0.05) is 4.90 Å². The maximum absolute atomic E-state index is 12.3. The molecule has 1 aromatic carbocycles. The van der Waals surface area contributed by atoms with Gasteiger partial charge in [0.25, 0.3) is 0 Å². The highest BCUT2D eigenvalue weighted by Gasteiger charge is 2.32. The molecule has 1 heterocycles. The average molecular weight is 300 g/mol. The van der Waals surface area contributed by atoms with Crippen LogP contribution in [0.25, 0.3) is 0 Å². The van der Waals surface area contributed by atoms with Crippen molar-refractivity contribution >= 4 is 17.7 Å². The van der Waals surface area contributed by atoms with Gasteiger partial charge in [-0.3, -0.25) is 0 Å². The molecule has 0 bridgehead atoms. The molecule has 8 heteroatoms. The number of carbonyl (C=O) groups is 1. The molecule has 4 nitrogen and oxygen atoms in total. The predicted octanol–water partition coefficient (Wildman–Crippen LogP) is 3.34. The first kappa shape index (κ1) is 14.3. The number of hydrogen-bond donors (Lipinski definition) is 1. The molecule has 0 aliphatic heterocycles. The van der Waals surface area contributed by atoms with E-state index in [2.05, 4.69) is 10.2 Å². The third-order valence-electron chi connectivity index (χ3n) is 2.23. The fourth-order valence-electron chi connectivity index (χ4n) is 1.34. The number of alkyl halides is 3. The zero-order chi connectivity index (χ0) is 14.8. The molecular weight excluding hydrogens is 293 g/mol. The van der Waals surface area contributed by atoms with E-state index in [0.717, 1.165) is 17.8 Å². The Morgan fingerprint density at radius 1 is 1.15 bits per heavy atom. The Balaban J connectivity index is 2.18. The lowest BCUT2D eigenvalue weighted by Gasteiger charge is -2.05. The maximum atomic E-state index is 12.3. The Kier molecular flexibility index (Phi) is 3.93. The summed E-state index contributed by atoms with van der Waals surface area (Å²) in [6.45, 7) is 0. The number of carboxylic acid groups (broad SMARTS) is 1. The van der Waals surface area contributed by atoms with Crippen LogP contribution in [0.4, 0.5) is 13.2 Å². The van der Waals surface area contributed by atoms with Crippen molar-refractivity contribution in [3.05, 3.63) is 47.7 Å². The second-order valence-corrected chi connectivity index (χ2v) is 4.78. The molecule has 0 fully saturated rings. The van der Waals surface area contributed by atoms with E-state index in [1.165, 1.54) is 18.2 Å².